The number of hydrogen-bond acceptors (Lipinski definition) is 3. The van der Waals surface area contributed by atoms with E-state index in [1.54, 1.807) is 18.3 Å². The van der Waals surface area contributed by atoms with Gasteiger partial charge in [-0.25, -0.2) is 9.37 Å². The average molecular weight is 392 g/mol. The van der Waals surface area contributed by atoms with Crippen LogP contribution in [0.5, 0.6) is 0 Å². The van der Waals surface area contributed by atoms with Crippen molar-refractivity contribution in [3.63, 3.8) is 0 Å². The monoisotopic (exact) mass is 392 g/mol. The Hall–Kier alpha value is -2.99. The number of halogens is 1. The third-order valence-electron chi connectivity index (χ3n) is 5.40. The molecule has 1 unspecified atom stereocenters. The maximum Gasteiger partial charge on any atom is 0.228 e. The number of anilines is 1. The summed E-state index contributed by atoms with van der Waals surface area (Å²) in [5.74, 6) is 0.764. The lowest BCUT2D eigenvalue weighted by Crippen LogP contribution is -2.41. The van der Waals surface area contributed by atoms with Crippen molar-refractivity contribution in [2.45, 2.75) is 19.3 Å². The normalized spacial score (nSPS) is 17.2. The minimum absolute atomic E-state index is 0.0187. The van der Waals surface area contributed by atoms with Gasteiger partial charge in [0.25, 0.3) is 0 Å². The lowest BCUT2D eigenvalue weighted by Gasteiger charge is -2.31. The molecule has 0 spiro atoms. The summed E-state index contributed by atoms with van der Waals surface area (Å²) in [6.45, 7) is 2.69. The van der Waals surface area contributed by atoms with Gasteiger partial charge in [0.1, 0.15) is 11.6 Å². The number of aromatic amines is 1. The van der Waals surface area contributed by atoms with E-state index in [2.05, 4.69) is 20.2 Å². The van der Waals surface area contributed by atoms with E-state index in [9.17, 15) is 9.18 Å². The Labute approximate surface area is 170 Å². The van der Waals surface area contributed by atoms with Gasteiger partial charge in [-0.2, -0.15) is 0 Å². The molecule has 1 saturated heterocycles. The second-order valence-electron chi connectivity index (χ2n) is 7.50. The van der Waals surface area contributed by atoms with E-state index in [4.69, 9.17) is 0 Å². The lowest BCUT2D eigenvalue weighted by atomic mass is 9.96. The van der Waals surface area contributed by atoms with Gasteiger partial charge in [-0.1, -0.05) is 24.3 Å². The largest absolute Gasteiger partial charge is 0.349 e. The van der Waals surface area contributed by atoms with Crippen LogP contribution in [0.25, 0.3) is 11.1 Å². The van der Waals surface area contributed by atoms with E-state index in [0.29, 0.717) is 0 Å². The van der Waals surface area contributed by atoms with Crippen LogP contribution in [-0.4, -0.2) is 40.4 Å². The maximum absolute atomic E-state index is 13.2. The first kappa shape index (κ1) is 19.3. The fourth-order valence-corrected chi connectivity index (χ4v) is 3.83. The summed E-state index contributed by atoms with van der Waals surface area (Å²) in [4.78, 5) is 22.6. The highest BCUT2D eigenvalue weighted by Crippen LogP contribution is 2.24. The van der Waals surface area contributed by atoms with Gasteiger partial charge in [0.05, 0.1) is 5.92 Å². The number of aromatic nitrogens is 2. The average Bonchev–Trinajstić information content (AvgIpc) is 3.27. The van der Waals surface area contributed by atoms with Crippen molar-refractivity contribution < 1.29 is 9.18 Å². The molecule has 150 valence electrons. The number of hydrogen-bond donors (Lipinski definition) is 2. The Morgan fingerprint density at radius 3 is 2.86 bits per heavy atom. The summed E-state index contributed by atoms with van der Waals surface area (Å²) in [5, 5.41) is 3.07. The predicted molar refractivity (Wildman–Crippen MR) is 112 cm³/mol. The highest BCUT2D eigenvalue weighted by molar-refractivity contribution is 5.93. The fourth-order valence-electron chi connectivity index (χ4n) is 3.83. The minimum atomic E-state index is -0.257. The van der Waals surface area contributed by atoms with E-state index in [1.807, 2.05) is 30.5 Å². The molecule has 5 nitrogen and oxygen atoms in total. The van der Waals surface area contributed by atoms with Crippen LogP contribution >= 0.6 is 0 Å². The first-order valence-electron chi connectivity index (χ1n) is 10.0. The molecule has 3 aromatic rings. The van der Waals surface area contributed by atoms with Gasteiger partial charge < -0.3 is 15.2 Å². The second-order valence-corrected chi connectivity index (χ2v) is 7.50. The van der Waals surface area contributed by atoms with E-state index in [-0.39, 0.29) is 17.6 Å². The van der Waals surface area contributed by atoms with Crippen molar-refractivity contribution in [3.05, 3.63) is 72.6 Å². The molecule has 0 saturated carbocycles. The quantitative estimate of drug-likeness (QED) is 0.664. The Balaban J connectivity index is 1.36. The molecular formula is C23H25FN4O. The fraction of sp³-hybridized carbons (Fsp3) is 0.304. The molecule has 1 fully saturated rings. The van der Waals surface area contributed by atoms with Crippen LogP contribution in [0.1, 0.15) is 18.7 Å². The van der Waals surface area contributed by atoms with Gasteiger partial charge >= 0.3 is 0 Å². The standard InChI is InChI=1S/C23H25FN4O/c24-20-8-6-17(7-9-20)18-3-1-5-21(15-18)27-23(29)19-4-2-13-28(16-19)14-10-22-25-11-12-26-22/h1,3,5-9,11-12,15,19H,2,4,10,13-14,16H2,(H,25,26)(H,27,29). The van der Waals surface area contributed by atoms with E-state index in [1.165, 1.54) is 12.1 Å². The van der Waals surface area contributed by atoms with Crippen molar-refractivity contribution in [1.82, 2.24) is 14.9 Å². The summed E-state index contributed by atoms with van der Waals surface area (Å²) >= 11 is 0. The summed E-state index contributed by atoms with van der Waals surface area (Å²) in [6.07, 6.45) is 6.39. The van der Waals surface area contributed by atoms with Gasteiger partial charge in [-0.15, -0.1) is 0 Å². The molecule has 0 aliphatic carbocycles. The molecule has 1 aliphatic heterocycles. The number of imidazole rings is 1. The Morgan fingerprint density at radius 2 is 2.07 bits per heavy atom. The van der Waals surface area contributed by atoms with Crippen molar-refractivity contribution in [3.8, 4) is 11.1 Å². The number of amides is 1. The number of carbonyl (C=O) groups excluding carboxylic acids is 1. The first-order chi connectivity index (χ1) is 14.2. The smallest absolute Gasteiger partial charge is 0.228 e. The summed E-state index contributed by atoms with van der Waals surface area (Å²) in [6, 6.07) is 14.1. The molecule has 6 heteroatoms. The number of H-pyrrole nitrogens is 1. The molecule has 0 bridgehead atoms. The van der Waals surface area contributed by atoms with E-state index >= 15 is 0 Å². The van der Waals surface area contributed by atoms with Crippen LogP contribution in [0.3, 0.4) is 0 Å². The molecule has 2 heterocycles. The molecule has 4 rings (SSSR count). The molecule has 1 atom stereocenters. The molecular weight excluding hydrogens is 367 g/mol. The Kier molecular flexibility index (Phi) is 6.00. The van der Waals surface area contributed by atoms with Crippen molar-refractivity contribution >= 4 is 11.6 Å². The van der Waals surface area contributed by atoms with Gasteiger partial charge in [0.15, 0.2) is 0 Å². The number of piperidine rings is 1. The number of carbonyl (C=O) groups is 1. The number of likely N-dealkylation sites (tertiary alicyclic amines) is 1. The summed E-state index contributed by atoms with van der Waals surface area (Å²) in [5.41, 5.74) is 2.64. The van der Waals surface area contributed by atoms with Crippen LogP contribution in [-0.2, 0) is 11.2 Å². The SMILES string of the molecule is O=C(Nc1cccc(-c2ccc(F)cc2)c1)C1CCCN(CCc2ncc[nH]2)C1. The zero-order valence-corrected chi connectivity index (χ0v) is 16.3. The zero-order valence-electron chi connectivity index (χ0n) is 16.3. The topological polar surface area (TPSA) is 61.0 Å². The number of rotatable bonds is 6. The molecule has 1 aliphatic rings. The van der Waals surface area contributed by atoms with E-state index < -0.39 is 0 Å². The zero-order chi connectivity index (χ0) is 20.1. The van der Waals surface area contributed by atoms with Gasteiger partial charge in [0.2, 0.25) is 5.91 Å². The van der Waals surface area contributed by atoms with Crippen LogP contribution < -0.4 is 5.32 Å². The molecule has 1 aromatic heterocycles. The van der Waals surface area contributed by atoms with Crippen LogP contribution in [0, 0.1) is 11.7 Å². The number of benzene rings is 2. The summed E-state index contributed by atoms with van der Waals surface area (Å²) < 4.78 is 13.2. The van der Waals surface area contributed by atoms with Crippen LogP contribution in [0.2, 0.25) is 0 Å². The number of nitrogens with zero attached hydrogens (tertiary/aromatic N) is 2. The molecule has 1 amide bonds. The van der Waals surface area contributed by atoms with E-state index in [0.717, 1.165) is 61.5 Å². The van der Waals surface area contributed by atoms with Crippen LogP contribution in [0.15, 0.2) is 60.9 Å². The first-order valence-corrected chi connectivity index (χ1v) is 10.0. The molecule has 29 heavy (non-hydrogen) atoms. The predicted octanol–water partition coefficient (Wildman–Crippen LogP) is 4.11. The second kappa shape index (κ2) is 9.01. The Morgan fingerprint density at radius 1 is 1.21 bits per heavy atom. The third-order valence-corrected chi connectivity index (χ3v) is 5.40. The van der Waals surface area contributed by atoms with Gasteiger partial charge in [0, 0.05) is 37.6 Å². The third kappa shape index (κ3) is 5.09. The van der Waals surface area contributed by atoms with Gasteiger partial charge in [-0.3, -0.25) is 4.79 Å². The van der Waals surface area contributed by atoms with Crippen molar-refractivity contribution in [2.75, 3.05) is 25.0 Å². The molecule has 0 radical (unpaired) electrons. The van der Waals surface area contributed by atoms with Crippen LogP contribution in [0.4, 0.5) is 10.1 Å². The highest BCUT2D eigenvalue weighted by atomic mass is 19.1. The molecule has 2 N–H and O–H groups in total. The summed E-state index contributed by atoms with van der Waals surface area (Å²) in [7, 11) is 0. The number of nitrogens with one attached hydrogen (secondary N) is 2. The Bertz CT molecular complexity index is 940. The molecule has 2 aromatic carbocycles. The lowest BCUT2D eigenvalue weighted by molar-refractivity contribution is -0.121. The van der Waals surface area contributed by atoms with Crippen molar-refractivity contribution in [2.24, 2.45) is 5.92 Å². The van der Waals surface area contributed by atoms with Crippen molar-refractivity contribution in [1.29, 1.82) is 0 Å². The maximum atomic E-state index is 13.2. The highest BCUT2D eigenvalue weighted by Gasteiger charge is 2.25. The van der Waals surface area contributed by atoms with Gasteiger partial charge in [-0.05, 0) is 54.8 Å². The minimum Gasteiger partial charge on any atom is -0.349 e.